The Bertz CT molecular complexity index is 148. The van der Waals surface area contributed by atoms with Crippen molar-refractivity contribution in [1.82, 2.24) is 10.2 Å². The number of rotatable bonds is 4. The van der Waals surface area contributed by atoms with Gasteiger partial charge in [0, 0.05) is 31.7 Å². The molecule has 0 amide bonds. The van der Waals surface area contributed by atoms with Crippen molar-refractivity contribution >= 4 is 0 Å². The molecule has 1 aliphatic heterocycles. The predicted octanol–water partition coefficient (Wildman–Crippen LogP) is 1.08. The van der Waals surface area contributed by atoms with Crippen LogP contribution in [-0.4, -0.2) is 36.6 Å². The third-order valence-electron chi connectivity index (χ3n) is 2.82. The van der Waals surface area contributed by atoms with Gasteiger partial charge in [0.2, 0.25) is 0 Å². The molecule has 2 nitrogen and oxygen atoms in total. The van der Waals surface area contributed by atoms with Crippen LogP contribution in [0.15, 0.2) is 0 Å². The molecule has 2 fully saturated rings. The van der Waals surface area contributed by atoms with E-state index in [0.717, 1.165) is 18.0 Å². The molecule has 0 bridgehead atoms. The minimum absolute atomic E-state index is 0.825. The number of hydrogen-bond donors (Lipinski definition) is 1. The summed E-state index contributed by atoms with van der Waals surface area (Å²) in [5, 5.41) is 3.36. The Morgan fingerprint density at radius 2 is 1.92 bits per heavy atom. The van der Waals surface area contributed by atoms with Gasteiger partial charge in [0.1, 0.15) is 0 Å². The van der Waals surface area contributed by atoms with E-state index in [1.54, 1.807) is 0 Å². The van der Waals surface area contributed by atoms with Gasteiger partial charge in [-0.3, -0.25) is 4.90 Å². The summed E-state index contributed by atoms with van der Waals surface area (Å²) in [5.74, 6) is 0.825. The minimum Gasteiger partial charge on any atom is -0.314 e. The number of hydrogen-bond acceptors (Lipinski definition) is 2. The van der Waals surface area contributed by atoms with E-state index in [1.807, 2.05) is 0 Å². The highest BCUT2D eigenvalue weighted by Crippen LogP contribution is 2.30. The van der Waals surface area contributed by atoms with Crippen LogP contribution in [0.4, 0.5) is 0 Å². The maximum atomic E-state index is 3.36. The van der Waals surface area contributed by atoms with Crippen molar-refractivity contribution in [2.75, 3.05) is 19.6 Å². The third-order valence-corrected chi connectivity index (χ3v) is 2.82. The smallest absolute Gasteiger partial charge is 0.0348 e. The van der Waals surface area contributed by atoms with Gasteiger partial charge in [0.05, 0.1) is 0 Å². The lowest BCUT2D eigenvalue weighted by atomic mass is 10.1. The fourth-order valence-electron chi connectivity index (χ4n) is 1.93. The molecule has 0 aromatic heterocycles. The standard InChI is InChI=1S/C10H20N2/c1-8(2)7-12(9-3-4-9)10-5-11-6-10/h8-11H,3-7H2,1-2H3. The van der Waals surface area contributed by atoms with Crippen LogP contribution < -0.4 is 5.32 Å². The van der Waals surface area contributed by atoms with Gasteiger partial charge in [-0.1, -0.05) is 13.8 Å². The van der Waals surface area contributed by atoms with E-state index in [2.05, 4.69) is 24.1 Å². The molecule has 1 saturated heterocycles. The topological polar surface area (TPSA) is 15.3 Å². The van der Waals surface area contributed by atoms with Crippen molar-refractivity contribution in [3.05, 3.63) is 0 Å². The summed E-state index contributed by atoms with van der Waals surface area (Å²) >= 11 is 0. The molecule has 0 unspecified atom stereocenters. The highest BCUT2D eigenvalue weighted by Gasteiger charge is 2.36. The maximum Gasteiger partial charge on any atom is 0.0348 e. The summed E-state index contributed by atoms with van der Waals surface area (Å²) in [6, 6.07) is 1.80. The van der Waals surface area contributed by atoms with E-state index in [4.69, 9.17) is 0 Å². The number of nitrogens with one attached hydrogen (secondary N) is 1. The van der Waals surface area contributed by atoms with Gasteiger partial charge in [-0.05, 0) is 18.8 Å². The van der Waals surface area contributed by atoms with Crippen LogP contribution in [0.3, 0.4) is 0 Å². The lowest BCUT2D eigenvalue weighted by molar-refractivity contribution is 0.121. The van der Waals surface area contributed by atoms with Gasteiger partial charge in [-0.15, -0.1) is 0 Å². The molecule has 1 heterocycles. The van der Waals surface area contributed by atoms with Crippen LogP contribution in [0.5, 0.6) is 0 Å². The Labute approximate surface area is 75.3 Å². The highest BCUT2D eigenvalue weighted by atomic mass is 15.3. The monoisotopic (exact) mass is 168 g/mol. The van der Waals surface area contributed by atoms with Gasteiger partial charge >= 0.3 is 0 Å². The van der Waals surface area contributed by atoms with Gasteiger partial charge in [0.25, 0.3) is 0 Å². The van der Waals surface area contributed by atoms with Crippen molar-refractivity contribution < 1.29 is 0 Å². The molecule has 2 rings (SSSR count). The van der Waals surface area contributed by atoms with E-state index >= 15 is 0 Å². The van der Waals surface area contributed by atoms with Crippen LogP contribution in [0.2, 0.25) is 0 Å². The molecule has 0 aromatic carbocycles. The van der Waals surface area contributed by atoms with E-state index in [1.165, 1.54) is 32.5 Å². The second-order valence-corrected chi connectivity index (χ2v) is 4.63. The normalized spacial score (nSPS) is 25.0. The molecular weight excluding hydrogens is 148 g/mol. The molecule has 1 N–H and O–H groups in total. The largest absolute Gasteiger partial charge is 0.314 e. The zero-order chi connectivity index (χ0) is 8.55. The summed E-state index contributed by atoms with van der Waals surface area (Å²) in [6.07, 6.45) is 2.90. The Morgan fingerprint density at radius 3 is 2.25 bits per heavy atom. The van der Waals surface area contributed by atoms with Gasteiger partial charge in [-0.2, -0.15) is 0 Å². The van der Waals surface area contributed by atoms with Crippen molar-refractivity contribution in [3.63, 3.8) is 0 Å². The van der Waals surface area contributed by atoms with Crippen LogP contribution in [0.1, 0.15) is 26.7 Å². The molecule has 0 spiro atoms. The Hall–Kier alpha value is -0.0800. The van der Waals surface area contributed by atoms with Gasteiger partial charge < -0.3 is 5.32 Å². The summed E-state index contributed by atoms with van der Waals surface area (Å²) in [5.41, 5.74) is 0. The van der Waals surface area contributed by atoms with E-state index in [9.17, 15) is 0 Å². The van der Waals surface area contributed by atoms with E-state index in [-0.39, 0.29) is 0 Å². The molecule has 1 aliphatic carbocycles. The maximum absolute atomic E-state index is 3.36. The predicted molar refractivity (Wildman–Crippen MR) is 51.2 cm³/mol. The first-order valence-electron chi connectivity index (χ1n) is 5.24. The zero-order valence-electron chi connectivity index (χ0n) is 8.21. The average molecular weight is 168 g/mol. The molecule has 0 atom stereocenters. The zero-order valence-corrected chi connectivity index (χ0v) is 8.21. The summed E-state index contributed by atoms with van der Waals surface area (Å²) in [4.78, 5) is 2.72. The molecule has 0 aromatic rings. The van der Waals surface area contributed by atoms with Crippen LogP contribution >= 0.6 is 0 Å². The fraction of sp³-hybridized carbons (Fsp3) is 1.00. The Balaban J connectivity index is 1.83. The summed E-state index contributed by atoms with van der Waals surface area (Å²) < 4.78 is 0. The summed E-state index contributed by atoms with van der Waals surface area (Å²) in [6.45, 7) is 8.40. The number of nitrogens with zero attached hydrogens (tertiary/aromatic N) is 1. The summed E-state index contributed by atoms with van der Waals surface area (Å²) in [7, 11) is 0. The van der Waals surface area contributed by atoms with Crippen LogP contribution in [-0.2, 0) is 0 Å². The molecule has 2 aliphatic rings. The highest BCUT2D eigenvalue weighted by molar-refractivity contribution is 4.94. The van der Waals surface area contributed by atoms with Crippen LogP contribution in [0, 0.1) is 5.92 Å². The molecule has 1 saturated carbocycles. The second-order valence-electron chi connectivity index (χ2n) is 4.63. The second kappa shape index (κ2) is 3.35. The molecule has 0 radical (unpaired) electrons. The quantitative estimate of drug-likeness (QED) is 0.675. The van der Waals surface area contributed by atoms with Crippen molar-refractivity contribution in [2.45, 2.75) is 38.8 Å². The average Bonchev–Trinajstić information content (AvgIpc) is 2.60. The molecular formula is C10H20N2. The Kier molecular flexibility index (Phi) is 2.37. The first kappa shape index (κ1) is 8.52. The Morgan fingerprint density at radius 1 is 1.25 bits per heavy atom. The van der Waals surface area contributed by atoms with E-state index in [0.29, 0.717) is 0 Å². The van der Waals surface area contributed by atoms with Crippen molar-refractivity contribution in [3.8, 4) is 0 Å². The molecule has 12 heavy (non-hydrogen) atoms. The lowest BCUT2D eigenvalue weighted by Gasteiger charge is -2.39. The molecule has 70 valence electrons. The van der Waals surface area contributed by atoms with Gasteiger partial charge in [0.15, 0.2) is 0 Å². The van der Waals surface area contributed by atoms with Crippen molar-refractivity contribution in [1.29, 1.82) is 0 Å². The van der Waals surface area contributed by atoms with E-state index < -0.39 is 0 Å². The van der Waals surface area contributed by atoms with Crippen molar-refractivity contribution in [2.24, 2.45) is 5.92 Å². The fourth-order valence-corrected chi connectivity index (χ4v) is 1.93. The third kappa shape index (κ3) is 1.80. The lowest BCUT2D eigenvalue weighted by Crippen LogP contribution is -2.58. The molecule has 2 heteroatoms. The first-order chi connectivity index (χ1) is 5.77. The minimum atomic E-state index is 0.825. The first-order valence-corrected chi connectivity index (χ1v) is 5.24. The SMILES string of the molecule is CC(C)CN(C1CC1)C1CNC1. The van der Waals surface area contributed by atoms with Crippen LogP contribution in [0.25, 0.3) is 0 Å². The van der Waals surface area contributed by atoms with Gasteiger partial charge in [-0.25, -0.2) is 0 Å².